The predicted octanol–water partition coefficient (Wildman–Crippen LogP) is -2.72. The second kappa shape index (κ2) is 9.86. The van der Waals surface area contributed by atoms with E-state index in [-0.39, 0.29) is 57.8 Å². The number of carbonyl (C=O) groups excluding carboxylic acids is 2. The summed E-state index contributed by atoms with van der Waals surface area (Å²) in [7, 11) is 0. The Hall–Kier alpha value is 0.776. The van der Waals surface area contributed by atoms with Crippen molar-refractivity contribution in [1.29, 1.82) is 0 Å². The Morgan fingerprint density at radius 3 is 2.17 bits per heavy atom. The Labute approximate surface area is 115 Å². The van der Waals surface area contributed by atoms with Crippen LogP contribution >= 0.6 is 0 Å². The van der Waals surface area contributed by atoms with Gasteiger partial charge >= 0.3 is 51.4 Å². The summed E-state index contributed by atoms with van der Waals surface area (Å²) in [5, 5.41) is 9.90. The van der Waals surface area contributed by atoms with Gasteiger partial charge in [-0.15, -0.1) is 0 Å². The van der Waals surface area contributed by atoms with Crippen molar-refractivity contribution in [2.24, 2.45) is 0 Å². The molecule has 0 saturated carbocycles. The number of unbranched alkanes of at least 4 members (excludes halogenated alkanes) is 3. The number of carbonyl (C=O) groups is 2. The van der Waals surface area contributed by atoms with Crippen LogP contribution in [0.4, 0.5) is 0 Å². The molecule has 0 amide bonds. The van der Waals surface area contributed by atoms with Gasteiger partial charge < -0.3 is 9.90 Å². The van der Waals surface area contributed by atoms with Crippen molar-refractivity contribution in [2.75, 3.05) is 0 Å². The molecule has 4 heteroatoms. The van der Waals surface area contributed by atoms with Crippen LogP contribution in [0, 0.1) is 0 Å². The molecule has 64 valence electrons. The first-order chi connectivity index (χ1) is 5.18. The van der Waals surface area contributed by atoms with Gasteiger partial charge in [-0.1, -0.05) is 26.2 Å². The van der Waals surface area contributed by atoms with Crippen LogP contribution in [0.25, 0.3) is 0 Å². The van der Waals surface area contributed by atoms with Crippen molar-refractivity contribution in [2.45, 2.75) is 39.0 Å². The van der Waals surface area contributed by atoms with Gasteiger partial charge in [0.25, 0.3) is 0 Å². The van der Waals surface area contributed by atoms with E-state index in [1.807, 2.05) is 0 Å². The van der Waals surface area contributed by atoms with E-state index < -0.39 is 11.8 Å². The quantitative estimate of drug-likeness (QED) is 0.263. The van der Waals surface area contributed by atoms with E-state index in [9.17, 15) is 14.7 Å². The molecule has 0 aromatic carbocycles. The summed E-state index contributed by atoms with van der Waals surface area (Å²) >= 11 is 0. The molecule has 0 spiro atoms. The van der Waals surface area contributed by atoms with E-state index >= 15 is 0 Å². The Morgan fingerprint density at radius 1 is 1.17 bits per heavy atom. The molecule has 3 nitrogen and oxygen atoms in total. The van der Waals surface area contributed by atoms with Crippen LogP contribution in [0.2, 0.25) is 0 Å². The van der Waals surface area contributed by atoms with Crippen molar-refractivity contribution < 1.29 is 66.1 Å². The van der Waals surface area contributed by atoms with Crippen molar-refractivity contribution >= 4 is 11.8 Å². The minimum atomic E-state index is -1.55. The fourth-order valence-electron chi connectivity index (χ4n) is 0.814. The summed E-state index contributed by atoms with van der Waals surface area (Å²) in [6.07, 6.45) is 3.86. The second-order valence-electron chi connectivity index (χ2n) is 2.52. The van der Waals surface area contributed by atoms with E-state index in [0.29, 0.717) is 6.42 Å². The number of hydrogen-bond acceptors (Lipinski definition) is 3. The van der Waals surface area contributed by atoms with Crippen molar-refractivity contribution in [1.82, 2.24) is 0 Å². The van der Waals surface area contributed by atoms with Gasteiger partial charge in [0.1, 0.15) is 5.97 Å². The third-order valence-electron chi connectivity index (χ3n) is 1.49. The summed E-state index contributed by atoms with van der Waals surface area (Å²) in [4.78, 5) is 20.3. The van der Waals surface area contributed by atoms with Crippen LogP contribution in [-0.2, 0) is 9.59 Å². The maximum Gasteiger partial charge on any atom is 1.00 e. The predicted molar refractivity (Wildman–Crippen MR) is 38.8 cm³/mol. The van der Waals surface area contributed by atoms with Crippen LogP contribution in [0.15, 0.2) is 0 Å². The molecule has 0 atom stereocenters. The van der Waals surface area contributed by atoms with Crippen LogP contribution in [0.3, 0.4) is 0 Å². The normalized spacial score (nSPS) is 8.75. The molecule has 0 unspecified atom stereocenters. The standard InChI is InChI=1S/C8H14O3.K/c1-2-3-4-5-6-7(9)8(10)11;/h2-6H2,1H3,(H,10,11);/q;+1/p-1. The van der Waals surface area contributed by atoms with Gasteiger partial charge in [-0.25, -0.2) is 0 Å². The number of aliphatic carboxylic acids is 1. The van der Waals surface area contributed by atoms with Crippen LogP contribution in [-0.4, -0.2) is 11.8 Å². The van der Waals surface area contributed by atoms with Gasteiger partial charge in [-0.05, 0) is 6.42 Å². The molecular formula is C8H13KO3. The third-order valence-corrected chi connectivity index (χ3v) is 1.49. The maximum atomic E-state index is 10.4. The molecule has 0 saturated heterocycles. The molecule has 12 heavy (non-hydrogen) atoms. The molecule has 0 aliphatic carbocycles. The largest absolute Gasteiger partial charge is 1.00 e. The summed E-state index contributed by atoms with van der Waals surface area (Å²) in [5.41, 5.74) is 0. The average Bonchev–Trinajstić information content (AvgIpc) is 1.97. The molecule has 0 aromatic heterocycles. The molecule has 0 aliphatic rings. The van der Waals surface area contributed by atoms with E-state index in [2.05, 4.69) is 6.92 Å². The van der Waals surface area contributed by atoms with E-state index in [1.54, 1.807) is 0 Å². The zero-order valence-corrected chi connectivity index (χ0v) is 10.9. The summed E-state index contributed by atoms with van der Waals surface area (Å²) in [5.74, 6) is -2.33. The topological polar surface area (TPSA) is 57.2 Å². The molecular weight excluding hydrogens is 183 g/mol. The van der Waals surface area contributed by atoms with Gasteiger partial charge in [0.15, 0.2) is 5.78 Å². The zero-order valence-electron chi connectivity index (χ0n) is 7.76. The molecule has 0 aliphatic heterocycles. The van der Waals surface area contributed by atoms with E-state index in [4.69, 9.17) is 0 Å². The first-order valence-electron chi connectivity index (χ1n) is 3.92. The molecule has 0 fully saturated rings. The third kappa shape index (κ3) is 8.87. The van der Waals surface area contributed by atoms with Crippen molar-refractivity contribution in [3.63, 3.8) is 0 Å². The van der Waals surface area contributed by atoms with Gasteiger partial charge in [-0.3, -0.25) is 4.79 Å². The maximum absolute atomic E-state index is 10.4. The second-order valence-corrected chi connectivity index (χ2v) is 2.52. The van der Waals surface area contributed by atoms with E-state index in [1.165, 1.54) is 0 Å². The Balaban J connectivity index is 0. The Morgan fingerprint density at radius 2 is 1.75 bits per heavy atom. The Bertz CT molecular complexity index is 145. The number of carboxylic acid groups (broad SMARTS) is 1. The molecule has 0 aromatic rings. The van der Waals surface area contributed by atoms with Gasteiger partial charge in [0.2, 0.25) is 0 Å². The molecule has 0 N–H and O–H groups in total. The monoisotopic (exact) mass is 196 g/mol. The fourth-order valence-corrected chi connectivity index (χ4v) is 0.814. The number of rotatable bonds is 6. The van der Waals surface area contributed by atoms with Gasteiger partial charge in [-0.2, -0.15) is 0 Å². The summed E-state index contributed by atoms with van der Waals surface area (Å²) < 4.78 is 0. The van der Waals surface area contributed by atoms with Crippen LogP contribution in [0.1, 0.15) is 39.0 Å². The fraction of sp³-hybridized carbons (Fsp3) is 0.750. The number of carboxylic acids is 1. The number of ketones is 1. The smallest absolute Gasteiger partial charge is 0.542 e. The van der Waals surface area contributed by atoms with Crippen LogP contribution in [0.5, 0.6) is 0 Å². The van der Waals surface area contributed by atoms with Gasteiger partial charge in [0.05, 0.1) is 0 Å². The number of hydrogen-bond donors (Lipinski definition) is 0. The average molecular weight is 196 g/mol. The number of Topliss-reactive ketones (excluding diaryl/α,β-unsaturated/α-hetero) is 1. The van der Waals surface area contributed by atoms with E-state index in [0.717, 1.165) is 19.3 Å². The molecule has 0 rings (SSSR count). The first kappa shape index (κ1) is 15.3. The summed E-state index contributed by atoms with van der Waals surface area (Å²) in [6.45, 7) is 2.06. The molecule has 0 radical (unpaired) electrons. The minimum absolute atomic E-state index is 0. The van der Waals surface area contributed by atoms with Gasteiger partial charge in [0, 0.05) is 6.42 Å². The first-order valence-corrected chi connectivity index (χ1v) is 3.92. The summed E-state index contributed by atoms with van der Waals surface area (Å²) in [6, 6.07) is 0. The zero-order chi connectivity index (χ0) is 8.69. The Kier molecular flexibility index (Phi) is 12.5. The molecule has 0 heterocycles. The SMILES string of the molecule is CCCCCCC(=O)C(=O)[O-].[K+]. The minimum Gasteiger partial charge on any atom is -0.542 e. The van der Waals surface area contributed by atoms with Crippen molar-refractivity contribution in [3.05, 3.63) is 0 Å². The molecule has 0 bridgehead atoms. The van der Waals surface area contributed by atoms with Crippen LogP contribution < -0.4 is 56.5 Å². The van der Waals surface area contributed by atoms with Crippen molar-refractivity contribution in [3.8, 4) is 0 Å².